The van der Waals surface area contributed by atoms with E-state index in [0.29, 0.717) is 5.57 Å². The fourth-order valence-corrected chi connectivity index (χ4v) is 3.42. The van der Waals surface area contributed by atoms with Gasteiger partial charge in [0.15, 0.2) is 11.4 Å². The van der Waals surface area contributed by atoms with Crippen LogP contribution in [0.4, 0.5) is 0 Å². The minimum Gasteiger partial charge on any atom is -0.381 e. The number of hydrogen-bond acceptors (Lipinski definition) is 3. The van der Waals surface area contributed by atoms with Gasteiger partial charge in [0.2, 0.25) is 0 Å². The minimum atomic E-state index is -0.911. The van der Waals surface area contributed by atoms with Crippen molar-refractivity contribution in [2.24, 2.45) is 0 Å². The summed E-state index contributed by atoms with van der Waals surface area (Å²) in [7, 11) is 1.58. The van der Waals surface area contributed by atoms with Gasteiger partial charge in [0.25, 0.3) is 0 Å². The highest BCUT2D eigenvalue weighted by Gasteiger charge is 2.52. The SMILES string of the molecule is CCc1cc(Br)ccc1/C=C1/C(=O)C(C)(COC)OC1(C)C. The summed E-state index contributed by atoms with van der Waals surface area (Å²) in [5.74, 6) is 0.00400. The first-order valence-corrected chi connectivity index (χ1v) is 8.27. The zero-order valence-corrected chi connectivity index (χ0v) is 15.4. The molecule has 22 heavy (non-hydrogen) atoms. The average molecular weight is 367 g/mol. The highest BCUT2D eigenvalue weighted by Crippen LogP contribution is 2.40. The van der Waals surface area contributed by atoms with Crippen molar-refractivity contribution in [1.82, 2.24) is 0 Å². The van der Waals surface area contributed by atoms with Crippen molar-refractivity contribution in [3.63, 3.8) is 0 Å². The van der Waals surface area contributed by atoms with Crippen LogP contribution in [0.2, 0.25) is 0 Å². The normalized spacial score (nSPS) is 25.9. The molecule has 1 aliphatic heterocycles. The summed E-state index contributed by atoms with van der Waals surface area (Å²) in [6, 6.07) is 6.12. The lowest BCUT2D eigenvalue weighted by molar-refractivity contribution is -0.143. The van der Waals surface area contributed by atoms with E-state index in [-0.39, 0.29) is 12.4 Å². The topological polar surface area (TPSA) is 35.5 Å². The number of carbonyl (C=O) groups excluding carboxylic acids is 1. The number of Topliss-reactive ketones (excluding diaryl/α,β-unsaturated/α-hetero) is 1. The molecule has 1 aliphatic rings. The van der Waals surface area contributed by atoms with E-state index < -0.39 is 11.2 Å². The highest BCUT2D eigenvalue weighted by atomic mass is 79.9. The Kier molecular flexibility index (Phi) is 4.95. The summed E-state index contributed by atoms with van der Waals surface area (Å²) >= 11 is 3.49. The van der Waals surface area contributed by atoms with Gasteiger partial charge in [-0.3, -0.25) is 4.79 Å². The first-order valence-electron chi connectivity index (χ1n) is 7.48. The lowest BCUT2D eigenvalue weighted by Gasteiger charge is -2.25. The zero-order chi connectivity index (χ0) is 16.5. The molecule has 1 aromatic rings. The van der Waals surface area contributed by atoms with Crippen LogP contribution >= 0.6 is 15.9 Å². The van der Waals surface area contributed by atoms with E-state index in [1.807, 2.05) is 32.1 Å². The van der Waals surface area contributed by atoms with Gasteiger partial charge in [-0.1, -0.05) is 28.9 Å². The number of carbonyl (C=O) groups is 1. The van der Waals surface area contributed by atoms with Gasteiger partial charge in [-0.15, -0.1) is 0 Å². The lowest BCUT2D eigenvalue weighted by Crippen LogP contribution is -2.38. The molecule has 0 spiro atoms. The Hall–Kier alpha value is -0.970. The molecule has 2 rings (SSSR count). The quantitative estimate of drug-likeness (QED) is 0.749. The molecule has 0 N–H and O–H groups in total. The second-order valence-electron chi connectivity index (χ2n) is 6.36. The van der Waals surface area contributed by atoms with E-state index in [1.165, 1.54) is 5.56 Å². The summed E-state index contributed by atoms with van der Waals surface area (Å²) in [6.45, 7) is 8.03. The third-order valence-electron chi connectivity index (χ3n) is 4.06. The fraction of sp³-hybridized carbons (Fsp3) is 0.500. The molecule has 4 heteroatoms. The number of rotatable bonds is 4. The van der Waals surface area contributed by atoms with E-state index in [0.717, 1.165) is 16.5 Å². The fourth-order valence-electron chi connectivity index (χ4n) is 3.01. The standard InChI is InChI=1S/C18H23BrO3/c1-6-12-9-14(19)8-7-13(12)10-15-16(20)18(4,11-21-5)22-17(15,2)3/h7-10H,6,11H2,1-5H3/b15-10-. The lowest BCUT2D eigenvalue weighted by atomic mass is 9.89. The second kappa shape index (κ2) is 6.26. The van der Waals surface area contributed by atoms with Crippen molar-refractivity contribution >= 4 is 27.8 Å². The maximum Gasteiger partial charge on any atom is 0.195 e. The number of ether oxygens (including phenoxy) is 2. The van der Waals surface area contributed by atoms with E-state index in [4.69, 9.17) is 9.47 Å². The van der Waals surface area contributed by atoms with Crippen molar-refractivity contribution < 1.29 is 14.3 Å². The van der Waals surface area contributed by atoms with Crippen molar-refractivity contribution in [2.75, 3.05) is 13.7 Å². The second-order valence-corrected chi connectivity index (χ2v) is 7.28. The molecule has 1 fully saturated rings. The molecule has 120 valence electrons. The highest BCUT2D eigenvalue weighted by molar-refractivity contribution is 9.10. The molecule has 1 atom stereocenters. The van der Waals surface area contributed by atoms with Crippen LogP contribution in [0.1, 0.15) is 38.8 Å². The van der Waals surface area contributed by atoms with Crippen LogP contribution in [-0.4, -0.2) is 30.7 Å². The third kappa shape index (κ3) is 3.19. The third-order valence-corrected chi connectivity index (χ3v) is 4.55. The predicted molar refractivity (Wildman–Crippen MR) is 91.9 cm³/mol. The van der Waals surface area contributed by atoms with Crippen molar-refractivity contribution in [3.8, 4) is 0 Å². The summed E-state index contributed by atoms with van der Waals surface area (Å²) in [5.41, 5.74) is 1.43. The molecule has 0 saturated carbocycles. The van der Waals surface area contributed by atoms with Gasteiger partial charge in [0.1, 0.15) is 0 Å². The van der Waals surface area contributed by atoms with E-state index in [9.17, 15) is 4.79 Å². The van der Waals surface area contributed by atoms with Crippen molar-refractivity contribution in [2.45, 2.75) is 45.3 Å². The van der Waals surface area contributed by atoms with Crippen LogP contribution in [0.5, 0.6) is 0 Å². The van der Waals surface area contributed by atoms with Crippen molar-refractivity contribution in [3.05, 3.63) is 39.4 Å². The molecule has 1 aromatic carbocycles. The van der Waals surface area contributed by atoms with Crippen LogP contribution < -0.4 is 0 Å². The number of methoxy groups -OCH3 is 1. The Morgan fingerprint density at radius 1 is 1.32 bits per heavy atom. The van der Waals surface area contributed by atoms with Gasteiger partial charge in [-0.25, -0.2) is 0 Å². The van der Waals surface area contributed by atoms with Gasteiger partial charge in [0, 0.05) is 17.2 Å². The Morgan fingerprint density at radius 2 is 2.00 bits per heavy atom. The number of hydrogen-bond donors (Lipinski definition) is 0. The molecule has 0 amide bonds. The Labute approximate surface area is 140 Å². The van der Waals surface area contributed by atoms with E-state index >= 15 is 0 Å². The Morgan fingerprint density at radius 3 is 2.59 bits per heavy atom. The number of halogens is 1. The zero-order valence-electron chi connectivity index (χ0n) is 13.8. The summed E-state index contributed by atoms with van der Waals surface area (Å²) in [6.07, 6.45) is 2.87. The van der Waals surface area contributed by atoms with Crippen LogP contribution in [-0.2, 0) is 20.7 Å². The summed E-state index contributed by atoms with van der Waals surface area (Å²) in [5, 5.41) is 0. The van der Waals surface area contributed by atoms with Gasteiger partial charge in [-0.2, -0.15) is 0 Å². The smallest absolute Gasteiger partial charge is 0.195 e. The first kappa shape index (κ1) is 17.4. The maximum absolute atomic E-state index is 12.8. The Bertz CT molecular complexity index is 619. The molecular weight excluding hydrogens is 344 g/mol. The molecule has 0 aromatic heterocycles. The van der Waals surface area contributed by atoms with Gasteiger partial charge < -0.3 is 9.47 Å². The molecule has 0 aliphatic carbocycles. The number of ketones is 1. The van der Waals surface area contributed by atoms with Crippen LogP contribution in [0.3, 0.4) is 0 Å². The first-order chi connectivity index (χ1) is 10.2. The number of aryl methyl sites for hydroxylation is 1. The molecular formula is C18H23BrO3. The average Bonchev–Trinajstić information content (AvgIpc) is 2.60. The molecule has 1 heterocycles. The van der Waals surface area contributed by atoms with Crippen LogP contribution in [0.15, 0.2) is 28.2 Å². The summed E-state index contributed by atoms with van der Waals surface area (Å²) < 4.78 is 12.2. The van der Waals surface area contributed by atoms with Gasteiger partial charge >= 0.3 is 0 Å². The molecule has 3 nitrogen and oxygen atoms in total. The van der Waals surface area contributed by atoms with Crippen molar-refractivity contribution in [1.29, 1.82) is 0 Å². The number of benzene rings is 1. The monoisotopic (exact) mass is 366 g/mol. The molecule has 1 saturated heterocycles. The molecule has 1 unspecified atom stereocenters. The van der Waals surface area contributed by atoms with E-state index in [1.54, 1.807) is 14.0 Å². The van der Waals surface area contributed by atoms with E-state index in [2.05, 4.69) is 28.9 Å². The predicted octanol–water partition coefficient (Wildman–Crippen LogP) is 4.18. The molecule has 0 radical (unpaired) electrons. The van der Waals surface area contributed by atoms with Gasteiger partial charge in [-0.05, 0) is 56.5 Å². The minimum absolute atomic E-state index is 0.00400. The largest absolute Gasteiger partial charge is 0.381 e. The molecule has 0 bridgehead atoms. The van der Waals surface area contributed by atoms with Gasteiger partial charge in [0.05, 0.1) is 12.2 Å². The van der Waals surface area contributed by atoms with Crippen LogP contribution in [0.25, 0.3) is 6.08 Å². The van der Waals surface area contributed by atoms with Crippen LogP contribution in [0, 0.1) is 0 Å². The maximum atomic E-state index is 12.8. The Balaban J connectivity index is 2.49. The summed E-state index contributed by atoms with van der Waals surface area (Å²) in [4.78, 5) is 12.8.